The first-order valence-electron chi connectivity index (χ1n) is 7.52. The SMILES string of the molecule is CC(O)(C/C=C/C(=O)O)C12CC3CC(CC(C3)C1)C2. The van der Waals surface area contributed by atoms with E-state index in [0.717, 1.165) is 43.1 Å². The van der Waals surface area contributed by atoms with Crippen LogP contribution >= 0.6 is 0 Å². The van der Waals surface area contributed by atoms with Crippen molar-refractivity contribution in [1.82, 2.24) is 0 Å². The summed E-state index contributed by atoms with van der Waals surface area (Å²) >= 11 is 0. The third-order valence-electron chi connectivity index (χ3n) is 5.96. The van der Waals surface area contributed by atoms with E-state index < -0.39 is 11.6 Å². The number of carboxylic acid groups (broad SMARTS) is 1. The molecule has 1 unspecified atom stereocenters. The van der Waals surface area contributed by atoms with Gasteiger partial charge in [-0.3, -0.25) is 0 Å². The van der Waals surface area contributed by atoms with E-state index in [0.29, 0.717) is 6.42 Å². The molecule has 0 aromatic heterocycles. The number of aliphatic carboxylic acids is 1. The second-order valence-electron chi connectivity index (χ2n) is 7.42. The molecule has 2 N–H and O–H groups in total. The molecule has 0 radical (unpaired) electrons. The van der Waals surface area contributed by atoms with Crippen LogP contribution in [0.4, 0.5) is 0 Å². The fraction of sp³-hybridized carbons (Fsp3) is 0.812. The number of carboxylic acids is 1. The van der Waals surface area contributed by atoms with E-state index in [1.807, 2.05) is 6.92 Å². The highest BCUT2D eigenvalue weighted by Gasteiger charge is 2.57. The molecule has 0 saturated heterocycles. The third kappa shape index (κ3) is 2.22. The van der Waals surface area contributed by atoms with Gasteiger partial charge in [0, 0.05) is 6.08 Å². The summed E-state index contributed by atoms with van der Waals surface area (Å²) in [6.07, 6.45) is 10.8. The average molecular weight is 264 g/mol. The minimum Gasteiger partial charge on any atom is -0.478 e. The van der Waals surface area contributed by atoms with Crippen LogP contribution in [0.2, 0.25) is 0 Å². The summed E-state index contributed by atoms with van der Waals surface area (Å²) in [6.45, 7) is 1.92. The fourth-order valence-corrected chi connectivity index (χ4v) is 5.38. The maximum atomic E-state index is 10.9. The Kier molecular flexibility index (Phi) is 3.01. The van der Waals surface area contributed by atoms with Crippen LogP contribution in [0.3, 0.4) is 0 Å². The molecular weight excluding hydrogens is 240 g/mol. The Morgan fingerprint density at radius 3 is 2.11 bits per heavy atom. The fourth-order valence-electron chi connectivity index (χ4n) is 5.38. The molecule has 106 valence electrons. The zero-order chi connectivity index (χ0) is 13.7. The predicted octanol–water partition coefficient (Wildman–Crippen LogP) is 2.98. The zero-order valence-corrected chi connectivity index (χ0v) is 11.6. The van der Waals surface area contributed by atoms with Crippen LogP contribution in [-0.2, 0) is 4.79 Å². The van der Waals surface area contributed by atoms with Crippen LogP contribution in [-0.4, -0.2) is 21.8 Å². The molecule has 1 atom stereocenters. The lowest BCUT2D eigenvalue weighted by Gasteiger charge is -2.61. The second kappa shape index (κ2) is 4.34. The van der Waals surface area contributed by atoms with Crippen LogP contribution in [0, 0.1) is 23.2 Å². The van der Waals surface area contributed by atoms with E-state index in [2.05, 4.69) is 0 Å². The molecule has 4 aliphatic carbocycles. The lowest BCUT2D eigenvalue weighted by molar-refractivity contribution is -0.169. The number of hydrogen-bond donors (Lipinski definition) is 2. The highest BCUT2D eigenvalue weighted by molar-refractivity contribution is 5.79. The summed E-state index contributed by atoms with van der Waals surface area (Å²) in [5.74, 6) is 1.49. The minimum absolute atomic E-state index is 0.0462. The van der Waals surface area contributed by atoms with Crippen molar-refractivity contribution in [2.24, 2.45) is 23.2 Å². The summed E-state index contributed by atoms with van der Waals surface area (Å²) < 4.78 is 0. The van der Waals surface area contributed by atoms with Crippen molar-refractivity contribution in [3.63, 3.8) is 0 Å². The molecule has 0 spiro atoms. The van der Waals surface area contributed by atoms with Gasteiger partial charge in [0.1, 0.15) is 0 Å². The number of aliphatic hydroxyl groups is 1. The molecule has 4 rings (SSSR count). The van der Waals surface area contributed by atoms with E-state index in [1.54, 1.807) is 6.08 Å². The van der Waals surface area contributed by atoms with Gasteiger partial charge in [0.15, 0.2) is 0 Å². The van der Waals surface area contributed by atoms with Gasteiger partial charge in [0.2, 0.25) is 0 Å². The average Bonchev–Trinajstić information content (AvgIpc) is 2.25. The van der Waals surface area contributed by atoms with Gasteiger partial charge >= 0.3 is 5.97 Å². The predicted molar refractivity (Wildman–Crippen MR) is 72.6 cm³/mol. The van der Waals surface area contributed by atoms with E-state index in [9.17, 15) is 9.90 Å². The summed E-state index contributed by atoms with van der Waals surface area (Å²) in [4.78, 5) is 10.6. The Labute approximate surface area is 114 Å². The van der Waals surface area contributed by atoms with Gasteiger partial charge in [0.25, 0.3) is 0 Å². The van der Waals surface area contributed by atoms with Gasteiger partial charge in [-0.25, -0.2) is 4.79 Å². The Morgan fingerprint density at radius 2 is 1.68 bits per heavy atom. The van der Waals surface area contributed by atoms with Gasteiger partial charge < -0.3 is 10.2 Å². The van der Waals surface area contributed by atoms with Gasteiger partial charge in [-0.05, 0) is 75.0 Å². The van der Waals surface area contributed by atoms with Crippen molar-refractivity contribution in [3.05, 3.63) is 12.2 Å². The molecule has 3 nitrogen and oxygen atoms in total. The maximum Gasteiger partial charge on any atom is 0.327 e. The molecule has 0 aromatic rings. The quantitative estimate of drug-likeness (QED) is 0.767. The van der Waals surface area contributed by atoms with Crippen LogP contribution in [0.15, 0.2) is 12.2 Å². The minimum atomic E-state index is -0.929. The molecule has 4 bridgehead atoms. The van der Waals surface area contributed by atoms with E-state index in [1.165, 1.54) is 19.3 Å². The lowest BCUT2D eigenvalue weighted by atomic mass is 9.45. The summed E-state index contributed by atoms with van der Waals surface area (Å²) in [5.41, 5.74) is -0.709. The van der Waals surface area contributed by atoms with Crippen LogP contribution in [0.1, 0.15) is 51.9 Å². The molecule has 19 heavy (non-hydrogen) atoms. The first kappa shape index (κ1) is 13.2. The first-order chi connectivity index (χ1) is 8.90. The van der Waals surface area contributed by atoms with Crippen molar-refractivity contribution in [2.45, 2.75) is 57.5 Å². The Hall–Kier alpha value is -0.830. The Bertz CT molecular complexity index is 373. The van der Waals surface area contributed by atoms with Gasteiger partial charge in [-0.1, -0.05) is 6.08 Å². The van der Waals surface area contributed by atoms with Crippen molar-refractivity contribution >= 4 is 5.97 Å². The van der Waals surface area contributed by atoms with Crippen molar-refractivity contribution in [3.8, 4) is 0 Å². The number of rotatable bonds is 4. The Morgan fingerprint density at radius 1 is 1.21 bits per heavy atom. The highest BCUT2D eigenvalue weighted by atomic mass is 16.4. The molecule has 0 aromatic carbocycles. The molecule has 4 fully saturated rings. The van der Waals surface area contributed by atoms with Crippen molar-refractivity contribution < 1.29 is 15.0 Å². The van der Waals surface area contributed by atoms with E-state index in [4.69, 9.17) is 5.11 Å². The topological polar surface area (TPSA) is 57.5 Å². The van der Waals surface area contributed by atoms with E-state index in [-0.39, 0.29) is 5.41 Å². The summed E-state index contributed by atoms with van der Waals surface area (Å²) in [6, 6.07) is 0. The van der Waals surface area contributed by atoms with Gasteiger partial charge in [0.05, 0.1) is 5.60 Å². The molecule has 4 saturated carbocycles. The largest absolute Gasteiger partial charge is 0.478 e. The van der Waals surface area contributed by atoms with Crippen molar-refractivity contribution in [1.29, 1.82) is 0 Å². The molecule has 0 amide bonds. The van der Waals surface area contributed by atoms with Gasteiger partial charge in [-0.2, -0.15) is 0 Å². The summed E-state index contributed by atoms with van der Waals surface area (Å²) in [5, 5.41) is 19.6. The Balaban J connectivity index is 1.78. The lowest BCUT2D eigenvalue weighted by Crippen LogP contribution is -2.56. The highest BCUT2D eigenvalue weighted by Crippen LogP contribution is 2.64. The molecule has 3 heteroatoms. The smallest absolute Gasteiger partial charge is 0.327 e. The number of hydrogen-bond acceptors (Lipinski definition) is 2. The third-order valence-corrected chi connectivity index (χ3v) is 5.96. The molecule has 0 heterocycles. The zero-order valence-electron chi connectivity index (χ0n) is 11.6. The molecule has 0 aliphatic heterocycles. The molecular formula is C16H24O3. The first-order valence-corrected chi connectivity index (χ1v) is 7.52. The normalized spacial score (nSPS) is 43.6. The van der Waals surface area contributed by atoms with Crippen LogP contribution in [0.25, 0.3) is 0 Å². The van der Waals surface area contributed by atoms with Crippen molar-refractivity contribution in [2.75, 3.05) is 0 Å². The van der Waals surface area contributed by atoms with Crippen LogP contribution in [0.5, 0.6) is 0 Å². The second-order valence-corrected chi connectivity index (χ2v) is 7.42. The maximum absolute atomic E-state index is 10.9. The molecule has 4 aliphatic rings. The summed E-state index contributed by atoms with van der Waals surface area (Å²) in [7, 11) is 0. The standard InChI is InChI=1S/C16H24O3/c1-15(19,4-2-3-14(17)18)16-8-11-5-12(9-16)7-13(6-11)10-16/h2-3,11-13,19H,4-10H2,1H3,(H,17,18)/b3-2+. The van der Waals surface area contributed by atoms with E-state index >= 15 is 0 Å². The van der Waals surface area contributed by atoms with Crippen LogP contribution < -0.4 is 0 Å². The number of carbonyl (C=O) groups is 1. The van der Waals surface area contributed by atoms with Gasteiger partial charge in [-0.15, -0.1) is 0 Å². The monoisotopic (exact) mass is 264 g/mol.